The van der Waals surface area contributed by atoms with Gasteiger partial charge in [-0.15, -0.1) is 0 Å². The topological polar surface area (TPSA) is 52.9 Å². The van der Waals surface area contributed by atoms with Crippen LogP contribution in [-0.4, -0.2) is 27.8 Å². The van der Waals surface area contributed by atoms with Crippen LogP contribution in [0.25, 0.3) is 0 Å². The first kappa shape index (κ1) is 56.6. The summed E-state index contributed by atoms with van der Waals surface area (Å²) in [5.41, 5.74) is 0. The molecule has 4 nitrogen and oxygen atoms in total. The van der Waals surface area contributed by atoms with E-state index in [4.69, 9.17) is 14.3 Å². The van der Waals surface area contributed by atoms with Gasteiger partial charge in [0, 0.05) is 6.54 Å². The molecule has 0 aromatic rings. The van der Waals surface area contributed by atoms with Crippen LogP contribution in [0.1, 0.15) is 296 Å². The molecular formula is C52H104NO3P. The molecule has 0 radical (unpaired) electrons. The Balaban J connectivity index is 4.08. The minimum absolute atomic E-state index is 0.476. The highest BCUT2D eigenvalue weighted by molar-refractivity contribution is 7.39. The van der Waals surface area contributed by atoms with Crippen molar-refractivity contribution < 1.29 is 14.3 Å². The van der Waals surface area contributed by atoms with Gasteiger partial charge >= 0.3 is 8.60 Å². The third kappa shape index (κ3) is 51.7. The SMILES string of the molecule is CCCCCCCCCCCCCCCCC=CN(C=CCCCCCCCCCCCCCCCC)CCCCCCCCCCCCCCCCOP(O)O. The maximum absolute atomic E-state index is 8.77. The lowest BCUT2D eigenvalue weighted by molar-refractivity contribution is 0.248. The van der Waals surface area contributed by atoms with E-state index in [9.17, 15) is 0 Å². The molecule has 0 aliphatic heterocycles. The molecular weight excluding hydrogens is 718 g/mol. The van der Waals surface area contributed by atoms with E-state index in [0.717, 1.165) is 12.8 Å². The molecule has 0 fully saturated rings. The number of nitrogens with zero attached hydrogens (tertiary/aromatic N) is 1. The molecule has 0 aromatic carbocycles. The minimum Gasteiger partial charge on any atom is -0.355 e. The van der Waals surface area contributed by atoms with E-state index in [1.165, 1.54) is 276 Å². The number of rotatable bonds is 50. The van der Waals surface area contributed by atoms with Crippen LogP contribution in [0.15, 0.2) is 24.6 Å². The Kier molecular flexibility index (Phi) is 51.4. The zero-order chi connectivity index (χ0) is 41.2. The largest absolute Gasteiger partial charge is 0.355 e. The highest BCUT2D eigenvalue weighted by Gasteiger charge is 2.01. The fraction of sp³-hybridized carbons (Fsp3) is 0.923. The zero-order valence-corrected chi connectivity index (χ0v) is 39.9. The van der Waals surface area contributed by atoms with Crippen LogP contribution >= 0.6 is 8.60 Å². The molecule has 0 aromatic heterocycles. The average Bonchev–Trinajstić information content (AvgIpc) is 3.21. The van der Waals surface area contributed by atoms with Crippen LogP contribution in [0.2, 0.25) is 0 Å². The van der Waals surface area contributed by atoms with Crippen molar-refractivity contribution in [1.82, 2.24) is 4.90 Å². The van der Waals surface area contributed by atoms with Crippen LogP contribution in [-0.2, 0) is 4.52 Å². The molecule has 57 heavy (non-hydrogen) atoms. The molecule has 0 rings (SSSR count). The van der Waals surface area contributed by atoms with Crippen LogP contribution in [0.5, 0.6) is 0 Å². The number of hydrogen-bond donors (Lipinski definition) is 2. The van der Waals surface area contributed by atoms with Gasteiger partial charge in [0.25, 0.3) is 0 Å². The third-order valence-electron chi connectivity index (χ3n) is 12.1. The number of allylic oxidation sites excluding steroid dienone is 2. The standard InChI is InChI=1S/C52H104NO3P/c1-3-5-7-9-11-13-15-17-19-21-25-29-33-37-41-45-49-53(50-46-42-38-34-30-26-22-20-18-16-14-12-10-8-6-4-2)51-47-43-39-35-31-27-23-24-28-32-36-40-44-48-52-56-57(54)55/h45-46,49-50,54-55H,3-44,47-48,51-52H2,1-2H3. The lowest BCUT2D eigenvalue weighted by Crippen LogP contribution is -2.11. The predicted molar refractivity (Wildman–Crippen MR) is 257 cm³/mol. The quantitative estimate of drug-likeness (QED) is 0.0474. The Morgan fingerprint density at radius 2 is 0.579 bits per heavy atom. The zero-order valence-electron chi connectivity index (χ0n) is 39.0. The first-order valence-electron chi connectivity index (χ1n) is 26.1. The van der Waals surface area contributed by atoms with E-state index in [-0.39, 0.29) is 0 Å². The third-order valence-corrected chi connectivity index (χ3v) is 12.5. The molecule has 0 heterocycles. The summed E-state index contributed by atoms with van der Waals surface area (Å²) in [7, 11) is -2.17. The van der Waals surface area contributed by atoms with E-state index < -0.39 is 8.60 Å². The highest BCUT2D eigenvalue weighted by Crippen LogP contribution is 2.24. The van der Waals surface area contributed by atoms with Crippen molar-refractivity contribution in [3.63, 3.8) is 0 Å². The van der Waals surface area contributed by atoms with E-state index in [1.807, 2.05) is 0 Å². The number of unbranched alkanes of at least 4 members (excludes halogenated alkanes) is 41. The van der Waals surface area contributed by atoms with Crippen molar-refractivity contribution in [2.75, 3.05) is 13.2 Å². The van der Waals surface area contributed by atoms with Crippen LogP contribution < -0.4 is 0 Å². The Bertz CT molecular complexity index is 732. The summed E-state index contributed by atoms with van der Waals surface area (Å²) < 4.78 is 4.83. The fourth-order valence-electron chi connectivity index (χ4n) is 8.20. The normalized spacial score (nSPS) is 12.0. The molecule has 0 unspecified atom stereocenters. The van der Waals surface area contributed by atoms with Gasteiger partial charge in [0.05, 0.1) is 6.61 Å². The van der Waals surface area contributed by atoms with Crippen molar-refractivity contribution >= 4 is 8.60 Å². The first-order valence-corrected chi connectivity index (χ1v) is 27.3. The van der Waals surface area contributed by atoms with Gasteiger partial charge in [-0.25, -0.2) is 0 Å². The number of hydrogen-bond acceptors (Lipinski definition) is 4. The van der Waals surface area contributed by atoms with Crippen LogP contribution in [0.4, 0.5) is 0 Å². The summed E-state index contributed by atoms with van der Waals surface area (Å²) >= 11 is 0. The molecule has 2 N–H and O–H groups in total. The van der Waals surface area contributed by atoms with Gasteiger partial charge in [-0.1, -0.05) is 270 Å². The van der Waals surface area contributed by atoms with Crippen molar-refractivity contribution in [3.8, 4) is 0 Å². The predicted octanol–water partition coefficient (Wildman–Crippen LogP) is 18.7. The smallest absolute Gasteiger partial charge is 0.327 e. The van der Waals surface area contributed by atoms with Gasteiger partial charge in [0.1, 0.15) is 0 Å². The molecule has 0 saturated carbocycles. The molecule has 0 spiro atoms. The van der Waals surface area contributed by atoms with Crippen molar-refractivity contribution in [3.05, 3.63) is 24.6 Å². The van der Waals surface area contributed by atoms with Gasteiger partial charge < -0.3 is 19.2 Å². The molecule has 0 aliphatic rings. The van der Waals surface area contributed by atoms with Gasteiger partial charge in [0.15, 0.2) is 0 Å². The lowest BCUT2D eigenvalue weighted by atomic mass is 10.0. The second-order valence-electron chi connectivity index (χ2n) is 17.8. The maximum atomic E-state index is 8.77. The summed E-state index contributed by atoms with van der Waals surface area (Å²) in [6, 6.07) is 0. The van der Waals surface area contributed by atoms with Gasteiger partial charge in [-0.2, -0.15) is 0 Å². The van der Waals surface area contributed by atoms with Gasteiger partial charge in [-0.05, 0) is 50.9 Å². The first-order chi connectivity index (χ1) is 28.2. The van der Waals surface area contributed by atoms with Gasteiger partial charge in [0.2, 0.25) is 0 Å². The molecule has 0 atom stereocenters. The Morgan fingerprint density at radius 3 is 0.860 bits per heavy atom. The second kappa shape index (κ2) is 51.7. The summed E-state index contributed by atoms with van der Waals surface area (Å²) in [5.74, 6) is 0. The molecule has 340 valence electrons. The van der Waals surface area contributed by atoms with Crippen molar-refractivity contribution in [2.24, 2.45) is 0 Å². The second-order valence-corrected chi connectivity index (χ2v) is 18.6. The Morgan fingerprint density at radius 1 is 0.333 bits per heavy atom. The van der Waals surface area contributed by atoms with Crippen LogP contribution in [0.3, 0.4) is 0 Å². The summed E-state index contributed by atoms with van der Waals surface area (Å²) in [6.07, 6.45) is 70.6. The highest BCUT2D eigenvalue weighted by atomic mass is 31.2. The Hall–Kier alpha value is -0.410. The van der Waals surface area contributed by atoms with Gasteiger partial charge in [-0.3, -0.25) is 0 Å². The van der Waals surface area contributed by atoms with Crippen molar-refractivity contribution in [1.29, 1.82) is 0 Å². The summed E-state index contributed by atoms with van der Waals surface area (Å²) in [6.45, 7) is 6.26. The van der Waals surface area contributed by atoms with E-state index in [0.29, 0.717) is 6.61 Å². The van der Waals surface area contributed by atoms with E-state index in [2.05, 4.69) is 43.3 Å². The lowest BCUT2D eigenvalue weighted by Gasteiger charge is -2.15. The fourth-order valence-corrected chi connectivity index (χ4v) is 8.49. The average molecular weight is 822 g/mol. The molecule has 5 heteroatoms. The van der Waals surface area contributed by atoms with Crippen LogP contribution in [0, 0.1) is 0 Å². The van der Waals surface area contributed by atoms with E-state index >= 15 is 0 Å². The molecule has 0 bridgehead atoms. The molecule has 0 saturated heterocycles. The summed E-state index contributed by atoms with van der Waals surface area (Å²) in [5, 5.41) is 0. The monoisotopic (exact) mass is 822 g/mol. The van der Waals surface area contributed by atoms with E-state index in [1.54, 1.807) is 0 Å². The minimum atomic E-state index is -2.17. The molecule has 0 aliphatic carbocycles. The maximum Gasteiger partial charge on any atom is 0.327 e. The molecule has 0 amide bonds. The Labute approximate surface area is 360 Å². The van der Waals surface area contributed by atoms with Crippen molar-refractivity contribution in [2.45, 2.75) is 296 Å². The summed E-state index contributed by atoms with van der Waals surface area (Å²) in [4.78, 5) is 20.0.